The molecule has 0 saturated carbocycles. The number of benzene rings is 3. The predicted molar refractivity (Wildman–Crippen MR) is 132 cm³/mol. The number of ether oxygens (including phenoxy) is 1. The molecule has 0 aliphatic rings. The summed E-state index contributed by atoms with van der Waals surface area (Å²) in [6.45, 7) is 3.84. The van der Waals surface area contributed by atoms with Gasteiger partial charge in [-0.05, 0) is 49.4 Å². The fraction of sp³-hybridized carbons (Fsp3) is 0.192. The molecule has 0 aliphatic carbocycles. The standard InChI is InChI=1S/C26H25N3O4S/c1-3-33-26-11-7-4-8-19(26)16-24-25(29-23-10-6-5-9-22(23)28-24)17-34(31,32)21-14-12-20(13-15-21)27-18(2)30/h4-15H,3,16-17H2,1-2H3,(H,27,30). The van der Waals surface area contributed by atoms with E-state index in [4.69, 9.17) is 9.72 Å². The normalized spacial score (nSPS) is 11.4. The highest BCUT2D eigenvalue weighted by Gasteiger charge is 2.21. The number of fused-ring (bicyclic) bond motifs is 1. The van der Waals surface area contributed by atoms with Crippen molar-refractivity contribution >= 4 is 32.5 Å². The maximum atomic E-state index is 13.3. The highest BCUT2D eigenvalue weighted by Crippen LogP contribution is 2.26. The summed E-state index contributed by atoms with van der Waals surface area (Å²) in [5, 5.41) is 2.64. The smallest absolute Gasteiger partial charge is 0.221 e. The van der Waals surface area contributed by atoms with Crippen LogP contribution in [0.3, 0.4) is 0 Å². The third kappa shape index (κ3) is 5.40. The SMILES string of the molecule is CCOc1ccccc1Cc1nc2ccccc2nc1CS(=O)(=O)c1ccc(NC(C)=O)cc1. The third-order valence-electron chi connectivity index (χ3n) is 5.22. The van der Waals surface area contributed by atoms with E-state index in [2.05, 4.69) is 10.3 Å². The van der Waals surface area contributed by atoms with E-state index in [0.29, 0.717) is 41.1 Å². The van der Waals surface area contributed by atoms with Gasteiger partial charge in [-0.2, -0.15) is 0 Å². The van der Waals surface area contributed by atoms with Crippen LogP contribution in [0.25, 0.3) is 11.0 Å². The highest BCUT2D eigenvalue weighted by molar-refractivity contribution is 7.90. The Morgan fingerprint density at radius 1 is 0.882 bits per heavy atom. The summed E-state index contributed by atoms with van der Waals surface area (Å²) in [7, 11) is -3.71. The molecule has 4 aromatic rings. The maximum absolute atomic E-state index is 13.3. The van der Waals surface area contributed by atoms with E-state index in [0.717, 1.165) is 11.3 Å². The molecule has 0 saturated heterocycles. The minimum Gasteiger partial charge on any atom is -0.494 e. The average molecular weight is 476 g/mol. The molecular formula is C26H25N3O4S. The number of anilines is 1. The van der Waals surface area contributed by atoms with Gasteiger partial charge in [0.2, 0.25) is 5.91 Å². The van der Waals surface area contributed by atoms with Gasteiger partial charge in [-0.15, -0.1) is 0 Å². The molecule has 0 unspecified atom stereocenters. The van der Waals surface area contributed by atoms with Gasteiger partial charge in [0.1, 0.15) is 5.75 Å². The molecule has 0 fully saturated rings. The second kappa shape index (κ2) is 10.0. The summed E-state index contributed by atoms with van der Waals surface area (Å²) in [6.07, 6.45) is 0.389. The van der Waals surface area contributed by atoms with Crippen LogP contribution in [0.15, 0.2) is 77.7 Å². The molecular weight excluding hydrogens is 450 g/mol. The number of carbonyl (C=O) groups is 1. The van der Waals surface area contributed by atoms with Crippen LogP contribution in [0.1, 0.15) is 30.8 Å². The number of hydrogen-bond acceptors (Lipinski definition) is 6. The lowest BCUT2D eigenvalue weighted by Crippen LogP contribution is -2.12. The number of aromatic nitrogens is 2. The second-order valence-corrected chi connectivity index (χ2v) is 9.78. The van der Waals surface area contributed by atoms with Crippen molar-refractivity contribution in [2.24, 2.45) is 0 Å². The van der Waals surface area contributed by atoms with Crippen LogP contribution in [-0.4, -0.2) is 30.9 Å². The van der Waals surface area contributed by atoms with Gasteiger partial charge in [-0.25, -0.2) is 18.4 Å². The number of sulfone groups is 1. The molecule has 3 aromatic carbocycles. The molecule has 174 valence electrons. The number of carbonyl (C=O) groups excluding carboxylic acids is 1. The zero-order valence-corrected chi connectivity index (χ0v) is 19.8. The Balaban J connectivity index is 1.72. The number of hydrogen-bond donors (Lipinski definition) is 1. The maximum Gasteiger partial charge on any atom is 0.221 e. The molecule has 1 amide bonds. The monoisotopic (exact) mass is 475 g/mol. The number of nitrogens with zero attached hydrogens (tertiary/aromatic N) is 2. The molecule has 1 N–H and O–H groups in total. The van der Waals surface area contributed by atoms with Crippen molar-refractivity contribution in [3.05, 3.63) is 89.7 Å². The van der Waals surface area contributed by atoms with E-state index < -0.39 is 9.84 Å². The van der Waals surface area contributed by atoms with Crippen LogP contribution < -0.4 is 10.1 Å². The molecule has 4 rings (SSSR count). The van der Waals surface area contributed by atoms with Gasteiger partial charge in [-0.3, -0.25) is 4.79 Å². The number of amides is 1. The summed E-state index contributed by atoms with van der Waals surface area (Å²) >= 11 is 0. The first kappa shape index (κ1) is 23.4. The molecule has 1 heterocycles. The Morgan fingerprint density at radius 2 is 1.50 bits per heavy atom. The first-order chi connectivity index (χ1) is 16.4. The van der Waals surface area contributed by atoms with Crippen LogP contribution in [0.2, 0.25) is 0 Å². The van der Waals surface area contributed by atoms with Gasteiger partial charge >= 0.3 is 0 Å². The fourth-order valence-electron chi connectivity index (χ4n) is 3.67. The predicted octanol–water partition coefficient (Wildman–Crippen LogP) is 4.55. The van der Waals surface area contributed by atoms with Gasteiger partial charge in [-0.1, -0.05) is 30.3 Å². The summed E-state index contributed by atoms with van der Waals surface area (Å²) in [4.78, 5) is 20.8. The second-order valence-electron chi connectivity index (χ2n) is 7.79. The number of para-hydroxylation sites is 3. The van der Waals surface area contributed by atoms with Crippen molar-refractivity contribution in [1.82, 2.24) is 9.97 Å². The molecule has 0 atom stereocenters. The van der Waals surface area contributed by atoms with E-state index in [1.54, 1.807) is 12.1 Å². The van der Waals surface area contributed by atoms with Crippen LogP contribution in [0, 0.1) is 0 Å². The van der Waals surface area contributed by atoms with Gasteiger partial charge in [0.15, 0.2) is 9.84 Å². The zero-order valence-electron chi connectivity index (χ0n) is 19.0. The van der Waals surface area contributed by atoms with Crippen LogP contribution in [0.4, 0.5) is 5.69 Å². The van der Waals surface area contributed by atoms with Crippen LogP contribution in [0.5, 0.6) is 5.75 Å². The molecule has 1 aromatic heterocycles. The third-order valence-corrected chi connectivity index (χ3v) is 6.86. The van der Waals surface area contributed by atoms with Gasteiger partial charge < -0.3 is 10.1 Å². The zero-order chi connectivity index (χ0) is 24.1. The summed E-state index contributed by atoms with van der Waals surface area (Å²) in [5.74, 6) is 0.220. The summed E-state index contributed by atoms with van der Waals surface area (Å²) in [6, 6.07) is 21.2. The number of nitrogens with one attached hydrogen (secondary N) is 1. The van der Waals surface area contributed by atoms with E-state index >= 15 is 0 Å². The lowest BCUT2D eigenvalue weighted by molar-refractivity contribution is -0.114. The van der Waals surface area contributed by atoms with Crippen molar-refractivity contribution in [3.63, 3.8) is 0 Å². The van der Waals surface area contributed by atoms with E-state index in [1.165, 1.54) is 19.1 Å². The van der Waals surface area contributed by atoms with E-state index in [1.807, 2.05) is 55.5 Å². The molecule has 7 nitrogen and oxygen atoms in total. The molecule has 34 heavy (non-hydrogen) atoms. The largest absolute Gasteiger partial charge is 0.494 e. The Hall–Kier alpha value is -3.78. The average Bonchev–Trinajstić information content (AvgIpc) is 2.80. The highest BCUT2D eigenvalue weighted by atomic mass is 32.2. The van der Waals surface area contributed by atoms with Crippen molar-refractivity contribution in [3.8, 4) is 5.75 Å². The molecule has 0 radical (unpaired) electrons. The quantitative estimate of drug-likeness (QED) is 0.401. The lowest BCUT2D eigenvalue weighted by Gasteiger charge is -2.13. The van der Waals surface area contributed by atoms with Gasteiger partial charge in [0.05, 0.1) is 39.7 Å². The minimum atomic E-state index is -3.71. The Bertz CT molecular complexity index is 1430. The lowest BCUT2D eigenvalue weighted by atomic mass is 10.1. The number of rotatable bonds is 8. The van der Waals surface area contributed by atoms with Crippen LogP contribution in [-0.2, 0) is 26.8 Å². The molecule has 8 heteroatoms. The summed E-state index contributed by atoms with van der Waals surface area (Å²) in [5.41, 5.74) is 3.76. The first-order valence-corrected chi connectivity index (χ1v) is 12.6. The van der Waals surface area contributed by atoms with Gasteiger partial charge in [0, 0.05) is 24.6 Å². The summed E-state index contributed by atoms with van der Waals surface area (Å²) < 4.78 is 32.3. The van der Waals surface area contributed by atoms with E-state index in [9.17, 15) is 13.2 Å². The minimum absolute atomic E-state index is 0.150. The molecule has 0 aliphatic heterocycles. The molecule has 0 bridgehead atoms. The molecule has 0 spiro atoms. The fourth-order valence-corrected chi connectivity index (χ4v) is 4.98. The Kier molecular flexibility index (Phi) is 6.88. The van der Waals surface area contributed by atoms with Gasteiger partial charge in [0.25, 0.3) is 0 Å². The first-order valence-electron chi connectivity index (χ1n) is 10.9. The van der Waals surface area contributed by atoms with Crippen molar-refractivity contribution < 1.29 is 17.9 Å². The van der Waals surface area contributed by atoms with E-state index in [-0.39, 0.29) is 16.6 Å². The topological polar surface area (TPSA) is 98.2 Å². The van der Waals surface area contributed by atoms with Crippen molar-refractivity contribution in [2.45, 2.75) is 30.9 Å². The van der Waals surface area contributed by atoms with Crippen LogP contribution >= 0.6 is 0 Å². The Morgan fingerprint density at radius 3 is 2.15 bits per heavy atom. The van der Waals surface area contributed by atoms with Crippen molar-refractivity contribution in [1.29, 1.82) is 0 Å². The van der Waals surface area contributed by atoms with Crippen molar-refractivity contribution in [2.75, 3.05) is 11.9 Å². The Labute approximate surface area is 198 Å².